The lowest BCUT2D eigenvalue weighted by molar-refractivity contribution is -0.0886. The van der Waals surface area contributed by atoms with Gasteiger partial charge in [0, 0.05) is 6.20 Å². The quantitative estimate of drug-likeness (QED) is 0.761. The molecule has 0 N–H and O–H groups in total. The minimum Gasteiger partial charge on any atom is -0.444 e. The number of nitrogens with zero attached hydrogens (tertiary/aromatic N) is 3. The second-order valence-electron chi connectivity index (χ2n) is 7.00. The zero-order valence-electron chi connectivity index (χ0n) is 13.2. The highest BCUT2D eigenvalue weighted by Gasteiger charge is 2.44. The fourth-order valence-electron chi connectivity index (χ4n) is 3.23. The molecular weight excluding hydrogens is 350 g/mol. The van der Waals surface area contributed by atoms with E-state index in [0.29, 0.717) is 19.3 Å². The van der Waals surface area contributed by atoms with Gasteiger partial charge in [0.05, 0.1) is 42.0 Å². The van der Waals surface area contributed by atoms with Crippen molar-refractivity contribution in [1.29, 1.82) is 0 Å². The van der Waals surface area contributed by atoms with Gasteiger partial charge < -0.3 is 9.47 Å². The fraction of sp³-hybridized carbons (Fsp3) is 0.733. The number of halogens is 1. The summed E-state index contributed by atoms with van der Waals surface area (Å²) in [4.78, 5) is 14.4. The van der Waals surface area contributed by atoms with Crippen LogP contribution < -0.4 is 0 Å². The van der Waals surface area contributed by atoms with Gasteiger partial charge >= 0.3 is 6.09 Å². The molecule has 3 heterocycles. The van der Waals surface area contributed by atoms with Crippen molar-refractivity contribution in [2.45, 2.75) is 57.3 Å². The maximum Gasteiger partial charge on any atom is 0.410 e. The van der Waals surface area contributed by atoms with E-state index in [1.165, 1.54) is 0 Å². The highest BCUT2D eigenvalue weighted by Crippen LogP contribution is 2.35. The number of piperidine rings is 1. The third kappa shape index (κ3) is 3.30. The van der Waals surface area contributed by atoms with Crippen LogP contribution >= 0.6 is 15.9 Å². The molecular formula is C15H22BrN3O3. The largest absolute Gasteiger partial charge is 0.444 e. The molecule has 0 aromatic carbocycles. The van der Waals surface area contributed by atoms with Gasteiger partial charge in [-0.15, -0.1) is 0 Å². The second kappa shape index (κ2) is 5.85. The summed E-state index contributed by atoms with van der Waals surface area (Å²) in [6, 6.07) is 0.398. The summed E-state index contributed by atoms with van der Waals surface area (Å²) < 4.78 is 14.2. The molecule has 6 nitrogen and oxygen atoms in total. The van der Waals surface area contributed by atoms with Crippen molar-refractivity contribution in [2.24, 2.45) is 0 Å². The summed E-state index contributed by atoms with van der Waals surface area (Å²) in [6.07, 6.45) is 5.23. The Bertz CT molecular complexity index is 540. The molecule has 0 spiro atoms. The molecule has 1 aromatic heterocycles. The van der Waals surface area contributed by atoms with Crippen molar-refractivity contribution in [3.63, 3.8) is 0 Å². The number of fused-ring (bicyclic) bond motifs is 2. The SMILES string of the molecule is CC(C)(C)OC(=O)N1C2COCC1CC(n1cc(Br)cn1)C2. The number of carbonyl (C=O) groups excluding carboxylic acids is 1. The van der Waals surface area contributed by atoms with Crippen LogP contribution in [0.25, 0.3) is 0 Å². The standard InChI is InChI=1S/C15H22BrN3O3/c1-15(2,3)22-14(20)19-12-4-11(5-13(19)9-21-8-12)18-7-10(16)6-17-18/h6-7,11-13H,4-5,8-9H2,1-3H3. The van der Waals surface area contributed by atoms with Crippen molar-refractivity contribution in [3.05, 3.63) is 16.9 Å². The molecule has 2 atom stereocenters. The van der Waals surface area contributed by atoms with E-state index < -0.39 is 5.60 Å². The Morgan fingerprint density at radius 1 is 1.32 bits per heavy atom. The molecule has 2 fully saturated rings. The molecule has 0 radical (unpaired) electrons. The van der Waals surface area contributed by atoms with E-state index in [4.69, 9.17) is 9.47 Å². The van der Waals surface area contributed by atoms with Gasteiger partial charge in [-0.2, -0.15) is 5.10 Å². The smallest absolute Gasteiger partial charge is 0.410 e. The van der Waals surface area contributed by atoms with Crippen LogP contribution in [0.4, 0.5) is 4.79 Å². The van der Waals surface area contributed by atoms with E-state index in [1.807, 2.05) is 36.5 Å². The summed E-state index contributed by atoms with van der Waals surface area (Å²) in [6.45, 7) is 6.81. The van der Waals surface area contributed by atoms with E-state index in [-0.39, 0.29) is 18.2 Å². The van der Waals surface area contributed by atoms with E-state index in [1.54, 1.807) is 6.20 Å². The Balaban J connectivity index is 1.75. The molecule has 0 aliphatic carbocycles. The Kier molecular flexibility index (Phi) is 4.20. The van der Waals surface area contributed by atoms with E-state index in [0.717, 1.165) is 17.3 Å². The first-order valence-electron chi connectivity index (χ1n) is 7.62. The van der Waals surface area contributed by atoms with Crippen LogP contribution in [0.3, 0.4) is 0 Å². The van der Waals surface area contributed by atoms with Gasteiger partial charge in [0.1, 0.15) is 5.60 Å². The summed E-state index contributed by atoms with van der Waals surface area (Å²) in [5.41, 5.74) is -0.476. The first kappa shape index (κ1) is 15.8. The molecule has 1 aromatic rings. The lowest BCUT2D eigenvalue weighted by Crippen LogP contribution is -2.60. The summed E-state index contributed by atoms with van der Waals surface area (Å²) in [5.74, 6) is 0. The van der Waals surface area contributed by atoms with Crippen LogP contribution in [-0.2, 0) is 9.47 Å². The van der Waals surface area contributed by atoms with Crippen molar-refractivity contribution < 1.29 is 14.3 Å². The second-order valence-corrected chi connectivity index (χ2v) is 7.91. The molecule has 2 aliphatic heterocycles. The Labute approximate surface area is 138 Å². The normalized spacial score (nSPS) is 28.5. The fourth-order valence-corrected chi connectivity index (χ4v) is 3.53. The number of rotatable bonds is 1. The number of morpholine rings is 1. The van der Waals surface area contributed by atoms with Gasteiger partial charge in [-0.3, -0.25) is 9.58 Å². The van der Waals surface area contributed by atoms with Crippen LogP contribution in [0, 0.1) is 0 Å². The van der Waals surface area contributed by atoms with Gasteiger partial charge in [0.25, 0.3) is 0 Å². The van der Waals surface area contributed by atoms with Crippen LogP contribution in [-0.4, -0.2) is 51.7 Å². The predicted molar refractivity (Wildman–Crippen MR) is 84.7 cm³/mol. The third-order valence-electron chi connectivity index (χ3n) is 4.04. The molecule has 7 heteroatoms. The number of hydrogen-bond acceptors (Lipinski definition) is 4. The number of carbonyl (C=O) groups is 1. The van der Waals surface area contributed by atoms with Gasteiger partial charge in [0.2, 0.25) is 0 Å². The molecule has 2 bridgehead atoms. The highest BCUT2D eigenvalue weighted by molar-refractivity contribution is 9.10. The topological polar surface area (TPSA) is 56.6 Å². The maximum absolute atomic E-state index is 12.5. The Hall–Kier alpha value is -1.08. The molecule has 0 saturated carbocycles. The molecule has 2 aliphatic rings. The van der Waals surface area contributed by atoms with Crippen molar-refractivity contribution in [3.8, 4) is 0 Å². The first-order chi connectivity index (χ1) is 10.3. The summed E-state index contributed by atoms with van der Waals surface area (Å²) in [7, 11) is 0. The van der Waals surface area contributed by atoms with E-state index in [2.05, 4.69) is 21.0 Å². The van der Waals surface area contributed by atoms with Gasteiger partial charge in [-0.05, 0) is 49.5 Å². The minimum absolute atomic E-state index is 0.0512. The average molecular weight is 372 g/mol. The molecule has 3 rings (SSSR count). The predicted octanol–water partition coefficient (Wildman–Crippen LogP) is 2.99. The van der Waals surface area contributed by atoms with Crippen LogP contribution in [0.5, 0.6) is 0 Å². The number of ether oxygens (including phenoxy) is 2. The Morgan fingerprint density at radius 3 is 2.45 bits per heavy atom. The van der Waals surface area contributed by atoms with Gasteiger partial charge in [-0.1, -0.05) is 0 Å². The zero-order chi connectivity index (χ0) is 15.9. The number of amides is 1. The molecule has 2 saturated heterocycles. The highest BCUT2D eigenvalue weighted by atomic mass is 79.9. The lowest BCUT2D eigenvalue weighted by atomic mass is 9.90. The van der Waals surface area contributed by atoms with Crippen molar-refractivity contribution in [1.82, 2.24) is 14.7 Å². The summed E-state index contributed by atoms with van der Waals surface area (Å²) in [5, 5.41) is 4.39. The zero-order valence-corrected chi connectivity index (χ0v) is 14.7. The lowest BCUT2D eigenvalue weighted by Gasteiger charge is -2.48. The maximum atomic E-state index is 12.5. The van der Waals surface area contributed by atoms with Gasteiger partial charge in [-0.25, -0.2) is 4.79 Å². The number of hydrogen-bond donors (Lipinski definition) is 0. The van der Waals surface area contributed by atoms with Crippen LogP contribution in [0.1, 0.15) is 39.7 Å². The average Bonchev–Trinajstić information content (AvgIpc) is 2.81. The van der Waals surface area contributed by atoms with Crippen LogP contribution in [0.2, 0.25) is 0 Å². The van der Waals surface area contributed by atoms with Gasteiger partial charge in [0.15, 0.2) is 0 Å². The number of aromatic nitrogens is 2. The monoisotopic (exact) mass is 371 g/mol. The first-order valence-corrected chi connectivity index (χ1v) is 8.41. The van der Waals surface area contributed by atoms with Crippen molar-refractivity contribution >= 4 is 22.0 Å². The Morgan fingerprint density at radius 2 is 1.95 bits per heavy atom. The molecule has 1 amide bonds. The van der Waals surface area contributed by atoms with Crippen molar-refractivity contribution in [2.75, 3.05) is 13.2 Å². The molecule has 22 heavy (non-hydrogen) atoms. The third-order valence-corrected chi connectivity index (χ3v) is 4.45. The van der Waals surface area contributed by atoms with E-state index >= 15 is 0 Å². The minimum atomic E-state index is -0.476. The summed E-state index contributed by atoms with van der Waals surface area (Å²) >= 11 is 3.44. The molecule has 122 valence electrons. The van der Waals surface area contributed by atoms with Crippen LogP contribution in [0.15, 0.2) is 16.9 Å². The van der Waals surface area contributed by atoms with E-state index in [9.17, 15) is 4.79 Å². The molecule has 2 unspecified atom stereocenters.